The van der Waals surface area contributed by atoms with E-state index in [4.69, 9.17) is 0 Å². The maximum absolute atomic E-state index is 12.2. The minimum atomic E-state index is -3.25. The number of rotatable bonds is 6. The third-order valence-corrected chi connectivity index (χ3v) is 5.77. The number of aromatic nitrogens is 2. The molecule has 1 aromatic carbocycles. The van der Waals surface area contributed by atoms with Crippen molar-refractivity contribution in [2.75, 3.05) is 5.75 Å². The number of fused-ring (bicyclic) bond motifs is 1. The minimum absolute atomic E-state index is 0.179. The van der Waals surface area contributed by atoms with Gasteiger partial charge < -0.3 is 0 Å². The van der Waals surface area contributed by atoms with Gasteiger partial charge in [0, 0.05) is 29.1 Å². The van der Waals surface area contributed by atoms with E-state index >= 15 is 0 Å². The number of nitrogens with zero attached hydrogens (tertiary/aromatic N) is 2. The van der Waals surface area contributed by atoms with E-state index in [1.807, 2.05) is 37.3 Å². The summed E-state index contributed by atoms with van der Waals surface area (Å²) in [6, 6.07) is 9.64. The maximum Gasteiger partial charge on any atom is 0.212 e. The van der Waals surface area contributed by atoms with Gasteiger partial charge in [-0.3, -0.25) is 0 Å². The summed E-state index contributed by atoms with van der Waals surface area (Å²) in [7, 11) is -3.25. The lowest BCUT2D eigenvalue weighted by Gasteiger charge is -2.25. The van der Waals surface area contributed by atoms with E-state index in [9.17, 15) is 8.42 Å². The van der Waals surface area contributed by atoms with Crippen LogP contribution in [0.5, 0.6) is 0 Å². The second-order valence-corrected chi connectivity index (χ2v) is 8.07. The standard InChI is InChI=1S/C18H23N3O2S/c1-2-3-12-24(22,23)21-17-11-7-10-16-15(17)13-19-18(20-16)14-8-5-4-6-9-14/h4-6,8-9,13,17,21H,2-3,7,10-12H2,1H3/t17-/m0/s1. The first kappa shape index (κ1) is 17.0. The van der Waals surface area contributed by atoms with Crippen LogP contribution in [-0.4, -0.2) is 24.1 Å². The monoisotopic (exact) mass is 345 g/mol. The van der Waals surface area contributed by atoms with Crippen molar-refractivity contribution in [1.29, 1.82) is 0 Å². The highest BCUT2D eigenvalue weighted by Gasteiger charge is 2.26. The normalized spacial score (nSPS) is 17.5. The topological polar surface area (TPSA) is 72.0 Å². The quantitative estimate of drug-likeness (QED) is 0.872. The molecule has 0 aliphatic heterocycles. The van der Waals surface area contributed by atoms with Gasteiger partial charge in [-0.05, 0) is 25.7 Å². The largest absolute Gasteiger partial charge is 0.236 e. The summed E-state index contributed by atoms with van der Waals surface area (Å²) in [6.07, 6.45) is 5.93. The zero-order chi connectivity index (χ0) is 17.0. The first-order valence-corrected chi connectivity index (χ1v) is 10.2. The van der Waals surface area contributed by atoms with Gasteiger partial charge in [0.15, 0.2) is 5.82 Å². The second kappa shape index (κ2) is 7.40. The van der Waals surface area contributed by atoms with Crippen molar-refractivity contribution in [3.63, 3.8) is 0 Å². The average Bonchev–Trinajstić information content (AvgIpc) is 2.60. The van der Waals surface area contributed by atoms with Gasteiger partial charge in [0.25, 0.3) is 0 Å². The van der Waals surface area contributed by atoms with Gasteiger partial charge >= 0.3 is 0 Å². The van der Waals surface area contributed by atoms with Crippen LogP contribution in [0.3, 0.4) is 0 Å². The van der Waals surface area contributed by atoms with Crippen LogP contribution in [0.2, 0.25) is 0 Å². The summed E-state index contributed by atoms with van der Waals surface area (Å²) < 4.78 is 27.2. The molecule has 128 valence electrons. The highest BCUT2D eigenvalue weighted by molar-refractivity contribution is 7.89. The molecule has 1 aliphatic carbocycles. The summed E-state index contributed by atoms with van der Waals surface area (Å²) in [4.78, 5) is 9.14. The number of nitrogens with one attached hydrogen (secondary N) is 1. The lowest BCUT2D eigenvalue weighted by Crippen LogP contribution is -2.33. The van der Waals surface area contributed by atoms with E-state index < -0.39 is 10.0 Å². The fourth-order valence-corrected chi connectivity index (χ4v) is 4.47. The second-order valence-electron chi connectivity index (χ2n) is 6.20. The Bertz CT molecular complexity index is 791. The van der Waals surface area contributed by atoms with Gasteiger partial charge in [0.05, 0.1) is 5.75 Å². The highest BCUT2D eigenvalue weighted by atomic mass is 32.2. The molecule has 0 radical (unpaired) electrons. The molecule has 1 heterocycles. The number of sulfonamides is 1. The van der Waals surface area contributed by atoms with Gasteiger partial charge in [0.2, 0.25) is 10.0 Å². The number of unbranched alkanes of at least 4 members (excludes halogenated alkanes) is 1. The SMILES string of the molecule is CCCCS(=O)(=O)N[C@H]1CCCc2nc(-c3ccccc3)ncc21. The van der Waals surface area contributed by atoms with Gasteiger partial charge in [-0.1, -0.05) is 43.7 Å². The van der Waals surface area contributed by atoms with E-state index in [0.29, 0.717) is 12.2 Å². The molecule has 0 bridgehead atoms. The Morgan fingerprint density at radius 2 is 2.04 bits per heavy atom. The van der Waals surface area contributed by atoms with E-state index in [-0.39, 0.29) is 11.8 Å². The van der Waals surface area contributed by atoms with Crippen LogP contribution in [0.4, 0.5) is 0 Å². The Balaban J connectivity index is 1.84. The molecule has 0 amide bonds. The van der Waals surface area contributed by atoms with Crippen LogP contribution in [-0.2, 0) is 16.4 Å². The van der Waals surface area contributed by atoms with Crippen LogP contribution in [0.1, 0.15) is 49.9 Å². The third-order valence-electron chi connectivity index (χ3n) is 4.30. The summed E-state index contributed by atoms with van der Waals surface area (Å²) in [6.45, 7) is 1.99. The van der Waals surface area contributed by atoms with Gasteiger partial charge in [-0.25, -0.2) is 23.1 Å². The molecule has 1 N–H and O–H groups in total. The Hall–Kier alpha value is -1.79. The Morgan fingerprint density at radius 1 is 1.25 bits per heavy atom. The summed E-state index contributed by atoms with van der Waals surface area (Å²) in [5.74, 6) is 0.877. The molecule has 0 spiro atoms. The number of benzene rings is 1. The molecular formula is C18H23N3O2S. The Kier molecular flexibility index (Phi) is 5.26. The Morgan fingerprint density at radius 3 is 2.79 bits per heavy atom. The van der Waals surface area contributed by atoms with Crippen molar-refractivity contribution in [2.24, 2.45) is 0 Å². The maximum atomic E-state index is 12.2. The lowest BCUT2D eigenvalue weighted by molar-refractivity contribution is 0.499. The van der Waals surface area contributed by atoms with Gasteiger partial charge in [0.1, 0.15) is 0 Å². The fraction of sp³-hybridized carbons (Fsp3) is 0.444. The van der Waals surface area contributed by atoms with E-state index in [0.717, 1.165) is 42.5 Å². The van der Waals surface area contributed by atoms with E-state index in [1.54, 1.807) is 6.20 Å². The molecule has 0 unspecified atom stereocenters. The summed E-state index contributed by atoms with van der Waals surface area (Å²) in [5.41, 5.74) is 2.85. The van der Waals surface area contributed by atoms with Crippen molar-refractivity contribution < 1.29 is 8.42 Å². The molecule has 6 heteroatoms. The average molecular weight is 345 g/mol. The van der Waals surface area contributed by atoms with Crippen LogP contribution in [0, 0.1) is 0 Å². The molecular weight excluding hydrogens is 322 g/mol. The zero-order valence-electron chi connectivity index (χ0n) is 13.9. The van der Waals surface area contributed by atoms with Crippen molar-refractivity contribution >= 4 is 10.0 Å². The van der Waals surface area contributed by atoms with Crippen LogP contribution in [0.25, 0.3) is 11.4 Å². The van der Waals surface area contributed by atoms with E-state index in [1.165, 1.54) is 0 Å². The van der Waals surface area contributed by atoms with E-state index in [2.05, 4.69) is 14.7 Å². The molecule has 24 heavy (non-hydrogen) atoms. The summed E-state index contributed by atoms with van der Waals surface area (Å²) in [5, 5.41) is 0. The first-order valence-electron chi connectivity index (χ1n) is 8.50. The van der Waals surface area contributed by atoms with Gasteiger partial charge in [-0.15, -0.1) is 0 Å². The van der Waals surface area contributed by atoms with Crippen molar-refractivity contribution in [3.05, 3.63) is 47.8 Å². The molecule has 5 nitrogen and oxygen atoms in total. The predicted molar refractivity (Wildman–Crippen MR) is 95.0 cm³/mol. The molecule has 3 rings (SSSR count). The molecule has 1 atom stereocenters. The first-order chi connectivity index (χ1) is 11.6. The molecule has 0 saturated heterocycles. The number of hydrogen-bond donors (Lipinski definition) is 1. The molecule has 1 aromatic heterocycles. The fourth-order valence-electron chi connectivity index (χ4n) is 3.01. The number of aryl methyl sites for hydroxylation is 1. The van der Waals surface area contributed by atoms with Crippen molar-refractivity contribution in [3.8, 4) is 11.4 Å². The molecule has 1 aliphatic rings. The molecule has 0 fully saturated rings. The molecule has 2 aromatic rings. The minimum Gasteiger partial charge on any atom is -0.236 e. The van der Waals surface area contributed by atoms with Crippen LogP contribution < -0.4 is 4.72 Å². The Labute approximate surface area is 143 Å². The van der Waals surface area contributed by atoms with Gasteiger partial charge in [-0.2, -0.15) is 0 Å². The predicted octanol–water partition coefficient (Wildman–Crippen LogP) is 3.24. The van der Waals surface area contributed by atoms with Crippen LogP contribution >= 0.6 is 0 Å². The molecule has 0 saturated carbocycles. The third kappa shape index (κ3) is 3.99. The smallest absolute Gasteiger partial charge is 0.212 e. The summed E-state index contributed by atoms with van der Waals surface area (Å²) >= 11 is 0. The zero-order valence-corrected chi connectivity index (χ0v) is 14.7. The van der Waals surface area contributed by atoms with Crippen LogP contribution in [0.15, 0.2) is 36.5 Å². The van der Waals surface area contributed by atoms with Crippen molar-refractivity contribution in [1.82, 2.24) is 14.7 Å². The highest BCUT2D eigenvalue weighted by Crippen LogP contribution is 2.30. The lowest BCUT2D eigenvalue weighted by atomic mass is 9.93. The number of hydrogen-bond acceptors (Lipinski definition) is 4. The van der Waals surface area contributed by atoms with Crippen molar-refractivity contribution in [2.45, 2.75) is 45.1 Å².